The molecule has 0 aliphatic carbocycles. The zero-order valence-corrected chi connectivity index (χ0v) is 12.2. The molecular formula is C14H13ClN2O4. The topological polar surface area (TPSA) is 74.5 Å². The molecule has 2 rings (SSSR count). The van der Waals surface area contributed by atoms with Crippen LogP contribution in [0.2, 0.25) is 5.02 Å². The van der Waals surface area contributed by atoms with E-state index in [4.69, 9.17) is 21.1 Å². The summed E-state index contributed by atoms with van der Waals surface area (Å²) in [5, 5.41) is 14.0. The average molecular weight is 309 g/mol. The quantitative estimate of drug-likeness (QED) is 0.694. The molecule has 2 aromatic rings. The molecule has 0 radical (unpaired) electrons. The summed E-state index contributed by atoms with van der Waals surface area (Å²) in [5.74, 6) is 0.445. The van der Waals surface area contributed by atoms with E-state index in [1.807, 2.05) is 0 Å². The van der Waals surface area contributed by atoms with Gasteiger partial charge in [0.1, 0.15) is 11.5 Å². The van der Waals surface area contributed by atoms with Crippen LogP contribution in [0.15, 0.2) is 36.7 Å². The fourth-order valence-corrected chi connectivity index (χ4v) is 1.95. The van der Waals surface area contributed by atoms with Gasteiger partial charge < -0.3 is 20.0 Å². The summed E-state index contributed by atoms with van der Waals surface area (Å²) in [7, 11) is 2.94. The second-order valence-corrected chi connectivity index (χ2v) is 4.50. The van der Waals surface area contributed by atoms with Crippen molar-refractivity contribution in [2.75, 3.05) is 19.5 Å². The van der Waals surface area contributed by atoms with Gasteiger partial charge in [-0.25, -0.2) is 0 Å². The van der Waals surface area contributed by atoms with Gasteiger partial charge >= 0.3 is 0 Å². The summed E-state index contributed by atoms with van der Waals surface area (Å²) in [4.78, 5) is 12.1. The number of hydrogen-bond acceptors (Lipinski definition) is 4. The van der Waals surface area contributed by atoms with Crippen LogP contribution in [0.1, 0.15) is 10.4 Å². The highest BCUT2D eigenvalue weighted by Gasteiger charge is 2.14. The molecule has 1 aromatic carbocycles. The van der Waals surface area contributed by atoms with Gasteiger partial charge in [-0.2, -0.15) is 4.73 Å². The zero-order valence-electron chi connectivity index (χ0n) is 11.4. The maximum atomic E-state index is 12.1. The first-order valence-electron chi connectivity index (χ1n) is 5.97. The number of hydrogen-bond donors (Lipinski definition) is 1. The molecule has 0 bridgehead atoms. The van der Waals surface area contributed by atoms with Crippen LogP contribution in [0.25, 0.3) is 0 Å². The number of carbonyl (C=O) groups excluding carboxylic acids is 1. The van der Waals surface area contributed by atoms with Crippen molar-refractivity contribution in [1.82, 2.24) is 0 Å². The largest absolute Gasteiger partial charge is 0.619 e. The van der Waals surface area contributed by atoms with E-state index >= 15 is 0 Å². The van der Waals surface area contributed by atoms with E-state index in [1.54, 1.807) is 12.1 Å². The summed E-state index contributed by atoms with van der Waals surface area (Å²) in [6.07, 6.45) is 2.49. The average Bonchev–Trinajstić information content (AvgIpc) is 2.49. The third-order valence-electron chi connectivity index (χ3n) is 2.79. The predicted octanol–water partition coefficient (Wildman–Crippen LogP) is 2.24. The lowest BCUT2D eigenvalue weighted by molar-refractivity contribution is -0.605. The number of pyridine rings is 1. The Morgan fingerprint density at radius 1 is 1.19 bits per heavy atom. The third kappa shape index (κ3) is 3.35. The molecule has 0 spiro atoms. The first kappa shape index (κ1) is 14.9. The second kappa shape index (κ2) is 6.32. The minimum absolute atomic E-state index is 0.345. The molecule has 1 amide bonds. The molecular weight excluding hydrogens is 296 g/mol. The Bertz CT molecular complexity index is 659. The molecule has 1 N–H and O–H groups in total. The molecule has 1 aromatic heterocycles. The SMILES string of the molecule is COc1cc(NC(=O)c2cc[n+]([O-])cc2)c(OC)cc1Cl. The molecule has 7 heteroatoms. The molecule has 6 nitrogen and oxygen atoms in total. The van der Waals surface area contributed by atoms with Gasteiger partial charge in [-0.3, -0.25) is 4.79 Å². The van der Waals surface area contributed by atoms with Crippen molar-refractivity contribution >= 4 is 23.2 Å². The van der Waals surface area contributed by atoms with Gasteiger partial charge in [0, 0.05) is 24.3 Å². The number of aromatic nitrogens is 1. The zero-order chi connectivity index (χ0) is 15.4. The molecule has 0 aliphatic rings. The monoisotopic (exact) mass is 308 g/mol. The van der Waals surface area contributed by atoms with E-state index in [9.17, 15) is 10.0 Å². The molecule has 0 unspecified atom stereocenters. The number of amides is 1. The van der Waals surface area contributed by atoms with Gasteiger partial charge in [0.2, 0.25) is 0 Å². The number of anilines is 1. The summed E-state index contributed by atoms with van der Waals surface area (Å²) in [5.41, 5.74) is 0.765. The van der Waals surface area contributed by atoms with Crippen LogP contribution in [-0.2, 0) is 0 Å². The normalized spacial score (nSPS) is 10.0. The summed E-state index contributed by atoms with van der Waals surface area (Å²) in [6.45, 7) is 0. The molecule has 1 heterocycles. The predicted molar refractivity (Wildman–Crippen MR) is 77.9 cm³/mol. The Morgan fingerprint density at radius 2 is 1.81 bits per heavy atom. The molecule has 0 atom stereocenters. The number of carbonyl (C=O) groups is 1. The van der Waals surface area contributed by atoms with E-state index in [1.165, 1.54) is 38.7 Å². The fraction of sp³-hybridized carbons (Fsp3) is 0.143. The van der Waals surface area contributed by atoms with E-state index in [-0.39, 0.29) is 5.91 Å². The van der Waals surface area contributed by atoms with E-state index in [2.05, 4.69) is 5.32 Å². The van der Waals surface area contributed by atoms with Crippen LogP contribution in [0.4, 0.5) is 5.69 Å². The smallest absolute Gasteiger partial charge is 0.256 e. The second-order valence-electron chi connectivity index (χ2n) is 4.09. The van der Waals surface area contributed by atoms with E-state index < -0.39 is 0 Å². The summed E-state index contributed by atoms with van der Waals surface area (Å²) >= 11 is 6.00. The Kier molecular flexibility index (Phi) is 4.49. The minimum atomic E-state index is -0.377. The lowest BCUT2D eigenvalue weighted by atomic mass is 10.2. The number of halogens is 1. The van der Waals surface area contributed by atoms with Crippen molar-refractivity contribution in [3.63, 3.8) is 0 Å². The van der Waals surface area contributed by atoms with Crippen LogP contribution in [-0.4, -0.2) is 20.1 Å². The third-order valence-corrected chi connectivity index (χ3v) is 3.08. The van der Waals surface area contributed by atoms with Crippen molar-refractivity contribution in [3.05, 3.63) is 52.5 Å². The lowest BCUT2D eigenvalue weighted by Gasteiger charge is -2.13. The highest BCUT2D eigenvalue weighted by atomic mass is 35.5. The van der Waals surface area contributed by atoms with Crippen molar-refractivity contribution < 1.29 is 19.0 Å². The lowest BCUT2D eigenvalue weighted by Crippen LogP contribution is -2.25. The minimum Gasteiger partial charge on any atom is -0.619 e. The van der Waals surface area contributed by atoms with Gasteiger partial charge in [-0.05, 0) is 0 Å². The Labute approximate surface area is 126 Å². The summed E-state index contributed by atoms with van der Waals surface area (Å²) in [6, 6.07) is 5.95. The molecule has 0 fully saturated rings. The van der Waals surface area contributed by atoms with Gasteiger partial charge in [0.05, 0.1) is 30.5 Å². The first-order valence-corrected chi connectivity index (χ1v) is 6.34. The number of ether oxygens (including phenoxy) is 2. The Hall–Kier alpha value is -2.47. The van der Waals surface area contributed by atoms with Gasteiger partial charge in [-0.15, -0.1) is 0 Å². The molecule has 0 saturated carbocycles. The fourth-order valence-electron chi connectivity index (χ4n) is 1.72. The maximum absolute atomic E-state index is 12.1. The summed E-state index contributed by atoms with van der Waals surface area (Å²) < 4.78 is 10.9. The number of nitrogens with zero attached hydrogens (tertiary/aromatic N) is 1. The van der Waals surface area contributed by atoms with Crippen molar-refractivity contribution in [2.45, 2.75) is 0 Å². The van der Waals surface area contributed by atoms with Crippen LogP contribution >= 0.6 is 11.6 Å². The highest BCUT2D eigenvalue weighted by molar-refractivity contribution is 6.32. The van der Waals surface area contributed by atoms with Crippen LogP contribution in [0, 0.1) is 5.21 Å². The molecule has 110 valence electrons. The van der Waals surface area contributed by atoms with Gasteiger partial charge in [0.25, 0.3) is 5.91 Å². The first-order chi connectivity index (χ1) is 10.0. The molecule has 21 heavy (non-hydrogen) atoms. The molecule has 0 saturated heterocycles. The van der Waals surface area contributed by atoms with E-state index in [0.717, 1.165) is 0 Å². The molecule has 0 aliphatic heterocycles. The highest BCUT2D eigenvalue weighted by Crippen LogP contribution is 2.35. The van der Waals surface area contributed by atoms with E-state index in [0.29, 0.717) is 32.5 Å². The van der Waals surface area contributed by atoms with Crippen molar-refractivity contribution in [1.29, 1.82) is 0 Å². The van der Waals surface area contributed by atoms with Crippen LogP contribution < -0.4 is 19.5 Å². The Morgan fingerprint density at radius 3 is 2.38 bits per heavy atom. The number of rotatable bonds is 4. The van der Waals surface area contributed by atoms with Crippen LogP contribution in [0.3, 0.4) is 0 Å². The standard InChI is InChI=1S/C14H13ClN2O4/c1-20-12-8-11(13(21-2)7-10(12)15)16-14(18)9-3-5-17(19)6-4-9/h3-8H,1-2H3,(H,16,18). The van der Waals surface area contributed by atoms with Gasteiger partial charge in [-0.1, -0.05) is 11.6 Å². The number of benzene rings is 1. The number of methoxy groups -OCH3 is 2. The number of nitrogens with one attached hydrogen (secondary N) is 1. The van der Waals surface area contributed by atoms with Crippen LogP contribution in [0.5, 0.6) is 11.5 Å². The maximum Gasteiger partial charge on any atom is 0.256 e. The van der Waals surface area contributed by atoms with Crippen molar-refractivity contribution in [2.24, 2.45) is 0 Å². The van der Waals surface area contributed by atoms with Crippen molar-refractivity contribution in [3.8, 4) is 11.5 Å². The van der Waals surface area contributed by atoms with Gasteiger partial charge in [0.15, 0.2) is 12.4 Å². The Balaban J connectivity index is 2.29.